The number of halogens is 1. The molecule has 1 saturated heterocycles. The van der Waals surface area contributed by atoms with E-state index in [0.29, 0.717) is 26.3 Å². The van der Waals surface area contributed by atoms with Gasteiger partial charge in [0.1, 0.15) is 0 Å². The minimum absolute atomic E-state index is 0.442. The summed E-state index contributed by atoms with van der Waals surface area (Å²) >= 11 is 5.19. The maximum Gasteiger partial charge on any atom is 0.360 e. The van der Waals surface area contributed by atoms with Gasteiger partial charge in [-0.05, 0) is 11.2 Å². The molecule has 10 heavy (non-hydrogen) atoms. The molecular formula is C4H9ClNO3P. The number of hydrogen-bond acceptors (Lipinski definition) is 2. The summed E-state index contributed by atoms with van der Waals surface area (Å²) in [7, 11) is 0. The smallest absolute Gasteiger partial charge is 0.360 e. The van der Waals surface area contributed by atoms with Crippen molar-refractivity contribution in [3.63, 3.8) is 0 Å². The molecule has 0 spiro atoms. The van der Waals surface area contributed by atoms with Crippen LogP contribution in [0, 0.1) is 0 Å². The van der Waals surface area contributed by atoms with E-state index in [1.165, 1.54) is 4.67 Å². The van der Waals surface area contributed by atoms with E-state index in [2.05, 4.69) is 0 Å². The van der Waals surface area contributed by atoms with Gasteiger partial charge >= 0.3 is 6.87 Å². The van der Waals surface area contributed by atoms with E-state index in [-0.39, 0.29) is 0 Å². The van der Waals surface area contributed by atoms with E-state index in [1.54, 1.807) is 0 Å². The van der Waals surface area contributed by atoms with Crippen LogP contribution in [0.1, 0.15) is 0 Å². The van der Waals surface area contributed by atoms with Crippen LogP contribution in [0.2, 0.25) is 0 Å². The maximum atomic E-state index is 10.8. The van der Waals surface area contributed by atoms with Crippen molar-refractivity contribution in [3.05, 3.63) is 0 Å². The van der Waals surface area contributed by atoms with Gasteiger partial charge in [-0.1, -0.05) is 0 Å². The topological polar surface area (TPSA) is 49.8 Å². The van der Waals surface area contributed by atoms with Crippen LogP contribution < -0.4 is 0 Å². The molecule has 0 aliphatic carbocycles. The first-order valence-electron chi connectivity index (χ1n) is 2.96. The second-order valence-electron chi connectivity index (χ2n) is 2.04. The Bertz CT molecular complexity index is 153. The van der Waals surface area contributed by atoms with Crippen LogP contribution in [0.15, 0.2) is 0 Å². The molecule has 1 N–H and O–H groups in total. The molecule has 0 radical (unpaired) electrons. The van der Waals surface area contributed by atoms with Crippen molar-refractivity contribution < 1.29 is 14.2 Å². The van der Waals surface area contributed by atoms with Crippen LogP contribution in [0.5, 0.6) is 0 Å². The van der Waals surface area contributed by atoms with E-state index >= 15 is 0 Å². The molecule has 6 heteroatoms. The van der Waals surface area contributed by atoms with Crippen LogP contribution in [-0.2, 0) is 9.30 Å². The Morgan fingerprint density at radius 1 is 1.50 bits per heavy atom. The average Bonchev–Trinajstić information content (AvgIpc) is 1.88. The van der Waals surface area contributed by atoms with Crippen LogP contribution in [-0.4, -0.2) is 35.9 Å². The van der Waals surface area contributed by atoms with E-state index in [4.69, 9.17) is 20.9 Å². The van der Waals surface area contributed by atoms with Crippen LogP contribution in [0.4, 0.5) is 0 Å². The molecule has 0 bridgehead atoms. The Hall–Kier alpha value is 0.400. The zero-order valence-electron chi connectivity index (χ0n) is 5.36. The Balaban J connectivity index is 2.47. The van der Waals surface area contributed by atoms with Gasteiger partial charge in [0.25, 0.3) is 0 Å². The SMILES string of the molecule is O=P(O)(Cl)N1CCOCC1. The van der Waals surface area contributed by atoms with Gasteiger partial charge in [0.15, 0.2) is 0 Å². The van der Waals surface area contributed by atoms with Gasteiger partial charge < -0.3 is 9.63 Å². The van der Waals surface area contributed by atoms with Crippen molar-refractivity contribution in [2.45, 2.75) is 0 Å². The zero-order chi connectivity index (χ0) is 7.61. The van der Waals surface area contributed by atoms with Gasteiger partial charge in [0, 0.05) is 13.1 Å². The van der Waals surface area contributed by atoms with Gasteiger partial charge in [-0.3, -0.25) is 4.57 Å². The molecule has 0 aromatic heterocycles. The number of nitrogens with zero attached hydrogens (tertiary/aromatic N) is 1. The maximum absolute atomic E-state index is 10.8. The number of morpholine rings is 1. The second-order valence-corrected chi connectivity index (χ2v) is 4.87. The number of hydrogen-bond donors (Lipinski definition) is 1. The molecule has 60 valence electrons. The Morgan fingerprint density at radius 2 is 2.00 bits per heavy atom. The van der Waals surface area contributed by atoms with Gasteiger partial charge in [-0.2, -0.15) is 0 Å². The molecular weight excluding hydrogens is 176 g/mol. The highest BCUT2D eigenvalue weighted by molar-refractivity contribution is 7.82. The lowest BCUT2D eigenvalue weighted by Gasteiger charge is -2.26. The highest BCUT2D eigenvalue weighted by Gasteiger charge is 2.26. The summed E-state index contributed by atoms with van der Waals surface area (Å²) in [6.45, 7) is -1.67. The van der Waals surface area contributed by atoms with Gasteiger partial charge in [-0.15, -0.1) is 0 Å². The molecule has 1 fully saturated rings. The second kappa shape index (κ2) is 3.20. The lowest BCUT2D eigenvalue weighted by molar-refractivity contribution is 0.0692. The first-order valence-corrected chi connectivity index (χ1v) is 5.48. The highest BCUT2D eigenvalue weighted by atomic mass is 35.7. The van der Waals surface area contributed by atoms with Crippen molar-refractivity contribution in [2.75, 3.05) is 26.3 Å². The predicted molar refractivity (Wildman–Crippen MR) is 38.1 cm³/mol. The Morgan fingerprint density at radius 3 is 2.30 bits per heavy atom. The number of ether oxygens (including phenoxy) is 1. The molecule has 1 heterocycles. The largest absolute Gasteiger partial charge is 0.379 e. The summed E-state index contributed by atoms with van der Waals surface area (Å²) in [6.07, 6.45) is 0. The quantitative estimate of drug-likeness (QED) is 0.610. The summed E-state index contributed by atoms with van der Waals surface area (Å²) in [4.78, 5) is 8.83. The summed E-state index contributed by atoms with van der Waals surface area (Å²) < 4.78 is 17.1. The third-order valence-corrected chi connectivity index (χ3v) is 3.08. The molecule has 0 aromatic rings. The summed E-state index contributed by atoms with van der Waals surface area (Å²) in [6, 6.07) is 0. The first-order chi connectivity index (χ1) is 4.61. The summed E-state index contributed by atoms with van der Waals surface area (Å²) in [5, 5.41) is 0. The minimum atomic E-state index is -3.52. The minimum Gasteiger partial charge on any atom is -0.379 e. The summed E-state index contributed by atoms with van der Waals surface area (Å²) in [5.74, 6) is 0. The summed E-state index contributed by atoms with van der Waals surface area (Å²) in [5.41, 5.74) is 0. The third kappa shape index (κ3) is 2.22. The van der Waals surface area contributed by atoms with E-state index in [1.807, 2.05) is 0 Å². The molecule has 1 atom stereocenters. The zero-order valence-corrected chi connectivity index (χ0v) is 7.01. The van der Waals surface area contributed by atoms with Gasteiger partial charge in [0.05, 0.1) is 13.2 Å². The van der Waals surface area contributed by atoms with Crippen molar-refractivity contribution in [1.29, 1.82) is 0 Å². The fourth-order valence-electron chi connectivity index (χ4n) is 0.800. The lowest BCUT2D eigenvalue weighted by Crippen LogP contribution is -2.32. The molecule has 0 amide bonds. The van der Waals surface area contributed by atoms with Crippen LogP contribution in [0.3, 0.4) is 0 Å². The van der Waals surface area contributed by atoms with E-state index < -0.39 is 6.87 Å². The lowest BCUT2D eigenvalue weighted by atomic mass is 10.5. The first kappa shape index (κ1) is 8.50. The van der Waals surface area contributed by atoms with Crippen molar-refractivity contribution in [2.24, 2.45) is 0 Å². The fourth-order valence-corrected chi connectivity index (χ4v) is 1.91. The van der Waals surface area contributed by atoms with Crippen molar-refractivity contribution in [3.8, 4) is 0 Å². The highest BCUT2D eigenvalue weighted by Crippen LogP contribution is 2.50. The predicted octanol–water partition coefficient (Wildman–Crippen LogP) is 0.658. The monoisotopic (exact) mass is 185 g/mol. The molecule has 0 aromatic carbocycles. The van der Waals surface area contributed by atoms with Crippen LogP contribution in [0.25, 0.3) is 0 Å². The standard InChI is InChI=1S/C4H9ClNO3P/c5-10(7,8)6-1-3-9-4-2-6/h1-4H2,(H,7,8). The van der Waals surface area contributed by atoms with Crippen LogP contribution >= 0.6 is 18.1 Å². The van der Waals surface area contributed by atoms with Crippen molar-refractivity contribution >= 4 is 18.1 Å². The Labute approximate surface area is 64.0 Å². The van der Waals surface area contributed by atoms with E-state index in [0.717, 1.165) is 0 Å². The molecule has 1 unspecified atom stereocenters. The van der Waals surface area contributed by atoms with E-state index in [9.17, 15) is 4.57 Å². The van der Waals surface area contributed by atoms with Gasteiger partial charge in [-0.25, -0.2) is 4.67 Å². The fraction of sp³-hybridized carbons (Fsp3) is 1.00. The Kier molecular flexibility index (Phi) is 2.72. The number of rotatable bonds is 1. The molecule has 4 nitrogen and oxygen atoms in total. The normalized spacial score (nSPS) is 27.8. The van der Waals surface area contributed by atoms with Gasteiger partial charge in [0.2, 0.25) is 0 Å². The third-order valence-electron chi connectivity index (χ3n) is 1.34. The molecule has 0 saturated carbocycles. The molecule has 1 rings (SSSR count). The van der Waals surface area contributed by atoms with Crippen molar-refractivity contribution in [1.82, 2.24) is 4.67 Å². The molecule has 1 aliphatic rings. The average molecular weight is 186 g/mol. The molecule has 1 aliphatic heterocycles.